The van der Waals surface area contributed by atoms with Gasteiger partial charge in [0.1, 0.15) is 24.4 Å². The van der Waals surface area contributed by atoms with Crippen molar-refractivity contribution in [2.45, 2.75) is 301 Å². The van der Waals surface area contributed by atoms with E-state index in [9.17, 15) is 35.1 Å². The predicted molar refractivity (Wildman–Crippen MR) is 324 cm³/mol. The van der Waals surface area contributed by atoms with Gasteiger partial charge in [-0.1, -0.05) is 240 Å². The first-order valence-corrected chi connectivity index (χ1v) is 31.5. The van der Waals surface area contributed by atoms with Gasteiger partial charge in [0.05, 0.1) is 25.4 Å². The first-order chi connectivity index (χ1) is 38.2. The molecule has 0 aromatic carbocycles. The Hall–Kier alpha value is -3.42. The van der Waals surface area contributed by atoms with E-state index >= 15 is 0 Å². The second kappa shape index (κ2) is 54.2. The average Bonchev–Trinajstić information content (AvgIpc) is 3.45. The van der Waals surface area contributed by atoms with Crippen molar-refractivity contribution in [2.24, 2.45) is 0 Å². The predicted octanol–water partition coefficient (Wildman–Crippen LogP) is 15.1. The van der Waals surface area contributed by atoms with Crippen LogP contribution in [0.1, 0.15) is 252 Å². The number of amides is 1. The Morgan fingerprint density at radius 3 is 1.40 bits per heavy atom. The van der Waals surface area contributed by atoms with Crippen LogP contribution in [-0.4, -0.2) is 99.6 Å². The molecule has 1 rings (SSSR count). The van der Waals surface area contributed by atoms with Gasteiger partial charge in [-0.05, 0) is 103 Å². The highest BCUT2D eigenvalue weighted by Crippen LogP contribution is 2.26. The largest absolute Gasteiger partial charge is 0.454 e. The minimum absolute atomic E-state index is 0.0976. The van der Waals surface area contributed by atoms with Crippen molar-refractivity contribution in [1.82, 2.24) is 5.32 Å². The highest BCUT2D eigenvalue weighted by atomic mass is 16.7. The van der Waals surface area contributed by atoms with E-state index in [1.165, 1.54) is 89.9 Å². The zero-order valence-corrected chi connectivity index (χ0v) is 49.5. The molecule has 1 amide bonds. The first-order valence-electron chi connectivity index (χ1n) is 31.5. The van der Waals surface area contributed by atoms with Crippen LogP contribution in [0.4, 0.5) is 0 Å². The molecule has 1 fully saturated rings. The van der Waals surface area contributed by atoms with Crippen LogP contribution >= 0.6 is 0 Å². The number of unbranched alkanes of at least 4 members (excludes halogenated alkanes) is 24. The lowest BCUT2D eigenvalue weighted by Gasteiger charge is -2.41. The number of ether oxygens (including phenoxy) is 3. The normalized spacial score (nSPS) is 19.6. The monoisotopic (exact) mass is 1090 g/mol. The molecule has 0 bridgehead atoms. The molecule has 0 aromatic rings. The molecular formula is C67H115NO10. The van der Waals surface area contributed by atoms with Crippen LogP contribution in [0.15, 0.2) is 97.2 Å². The summed E-state index contributed by atoms with van der Waals surface area (Å²) in [6.07, 6.45) is 61.6. The van der Waals surface area contributed by atoms with Crippen molar-refractivity contribution in [3.63, 3.8) is 0 Å². The van der Waals surface area contributed by atoms with Gasteiger partial charge in [0.2, 0.25) is 5.91 Å². The number of rotatable bonds is 52. The molecule has 1 aliphatic heterocycles. The number of allylic oxidation sites excluding steroid dienone is 15. The third-order valence-electron chi connectivity index (χ3n) is 14.2. The van der Waals surface area contributed by atoms with Gasteiger partial charge in [0, 0.05) is 6.42 Å². The topological polar surface area (TPSA) is 175 Å². The Kier molecular flexibility index (Phi) is 50.4. The zero-order chi connectivity index (χ0) is 56.8. The molecule has 6 N–H and O–H groups in total. The maximum absolute atomic E-state index is 13.4. The number of nitrogens with one attached hydrogen (secondary N) is 1. The number of aliphatic hydroxyl groups is 5. The van der Waals surface area contributed by atoms with E-state index < -0.39 is 67.4 Å². The molecule has 1 aliphatic rings. The molecule has 0 radical (unpaired) electrons. The minimum Gasteiger partial charge on any atom is -0.454 e. The number of hydrogen-bond acceptors (Lipinski definition) is 10. The molecule has 448 valence electrons. The van der Waals surface area contributed by atoms with Crippen molar-refractivity contribution in [3.8, 4) is 0 Å². The molecule has 78 heavy (non-hydrogen) atoms. The zero-order valence-electron chi connectivity index (χ0n) is 49.5. The van der Waals surface area contributed by atoms with Gasteiger partial charge in [0.15, 0.2) is 12.4 Å². The van der Waals surface area contributed by atoms with Gasteiger partial charge in [-0.25, -0.2) is 0 Å². The Labute approximate surface area is 475 Å². The lowest BCUT2D eigenvalue weighted by atomic mass is 9.99. The molecule has 1 saturated heterocycles. The van der Waals surface area contributed by atoms with Gasteiger partial charge in [-0.15, -0.1) is 0 Å². The molecule has 11 heteroatoms. The quantitative estimate of drug-likeness (QED) is 0.0195. The summed E-state index contributed by atoms with van der Waals surface area (Å²) in [4.78, 5) is 26.5. The third-order valence-corrected chi connectivity index (χ3v) is 14.2. The highest BCUT2D eigenvalue weighted by Gasteiger charge is 2.47. The van der Waals surface area contributed by atoms with E-state index in [1.807, 2.05) is 6.08 Å². The number of hydrogen-bond donors (Lipinski definition) is 6. The molecule has 11 nitrogen and oxygen atoms in total. The summed E-state index contributed by atoms with van der Waals surface area (Å²) in [6.45, 7) is 5.64. The lowest BCUT2D eigenvalue weighted by Crippen LogP contribution is -2.61. The summed E-state index contributed by atoms with van der Waals surface area (Å²) in [6, 6.07) is -1.04. The molecule has 0 saturated carbocycles. The molecule has 8 atom stereocenters. The van der Waals surface area contributed by atoms with Crippen LogP contribution < -0.4 is 5.32 Å². The van der Waals surface area contributed by atoms with E-state index in [4.69, 9.17) is 14.2 Å². The fourth-order valence-corrected chi connectivity index (χ4v) is 9.24. The summed E-state index contributed by atoms with van der Waals surface area (Å²) < 4.78 is 17.6. The number of carbonyl (C=O) groups is 2. The fraction of sp³-hybridized carbons (Fsp3) is 0.731. The van der Waals surface area contributed by atoms with E-state index in [2.05, 4.69) is 111 Å². The van der Waals surface area contributed by atoms with Crippen molar-refractivity contribution >= 4 is 11.9 Å². The highest BCUT2D eigenvalue weighted by molar-refractivity contribution is 5.80. The van der Waals surface area contributed by atoms with E-state index in [-0.39, 0.29) is 19.4 Å². The summed E-state index contributed by atoms with van der Waals surface area (Å²) in [7, 11) is 0. The van der Waals surface area contributed by atoms with Crippen LogP contribution in [0, 0.1) is 0 Å². The van der Waals surface area contributed by atoms with Crippen molar-refractivity contribution in [3.05, 3.63) is 97.2 Å². The fourth-order valence-electron chi connectivity index (χ4n) is 9.24. The van der Waals surface area contributed by atoms with Gasteiger partial charge in [-0.2, -0.15) is 0 Å². The van der Waals surface area contributed by atoms with E-state index in [0.717, 1.165) is 116 Å². The lowest BCUT2D eigenvalue weighted by molar-refractivity contribution is -0.305. The van der Waals surface area contributed by atoms with Crippen LogP contribution in [0.5, 0.6) is 0 Å². The molecule has 1 heterocycles. The van der Waals surface area contributed by atoms with E-state index in [0.29, 0.717) is 12.8 Å². The number of aliphatic hydroxyl groups excluding tert-OH is 5. The smallest absolute Gasteiger partial charge is 0.306 e. The van der Waals surface area contributed by atoms with E-state index in [1.54, 1.807) is 6.08 Å². The van der Waals surface area contributed by atoms with Crippen LogP contribution in [0.2, 0.25) is 0 Å². The molecular weight excluding hydrogens is 979 g/mol. The minimum atomic E-state index is -1.63. The molecule has 0 spiro atoms. The van der Waals surface area contributed by atoms with Crippen LogP contribution in [0.3, 0.4) is 0 Å². The molecule has 8 unspecified atom stereocenters. The molecule has 0 aromatic heterocycles. The maximum atomic E-state index is 13.4. The van der Waals surface area contributed by atoms with Gasteiger partial charge in [-0.3, -0.25) is 9.59 Å². The van der Waals surface area contributed by atoms with Gasteiger partial charge < -0.3 is 45.1 Å². The first kappa shape index (κ1) is 72.6. The molecule has 0 aliphatic carbocycles. The third kappa shape index (κ3) is 41.6. The summed E-state index contributed by atoms with van der Waals surface area (Å²) in [5.41, 5.74) is 0. The second-order valence-electron chi connectivity index (χ2n) is 21.4. The van der Waals surface area contributed by atoms with Crippen LogP contribution in [-0.2, 0) is 23.8 Å². The second-order valence-corrected chi connectivity index (χ2v) is 21.4. The Morgan fingerprint density at radius 1 is 0.513 bits per heavy atom. The Balaban J connectivity index is 2.67. The van der Waals surface area contributed by atoms with Crippen molar-refractivity contribution in [2.75, 3.05) is 13.2 Å². The van der Waals surface area contributed by atoms with Crippen LogP contribution in [0.25, 0.3) is 0 Å². The maximum Gasteiger partial charge on any atom is 0.306 e. The summed E-state index contributed by atoms with van der Waals surface area (Å²) >= 11 is 0. The Morgan fingerprint density at radius 2 is 0.923 bits per heavy atom. The standard InChI is InChI=1S/C67H115NO10/c1-4-7-10-13-16-19-22-25-26-27-28-29-30-31-32-33-34-35-37-39-42-45-48-51-54-60(71)66(75)68-58(59(70)53-50-47-44-41-38-24-21-18-15-12-9-6-3)57-76-67-65(64(74)63(73)61(56-69)77-67)78-62(72)55-52-49-46-43-40-36-23-20-17-14-11-8-5-2/h7,10,16,19,25-26,28-29,31-32,34-36,40,50,53,58-61,63-65,67,69-71,73-74H,4-6,8-9,11-15,17-18,20-24,27,30,33,37-39,41-49,51-52,54-57H2,1-3H3,(H,68,75)/b10-7-,19-16-,26-25-,29-28-,32-31-,35-34-,40-36-,53-50+. The number of esters is 1. The average molecular weight is 1090 g/mol. The van der Waals surface area contributed by atoms with Gasteiger partial charge >= 0.3 is 5.97 Å². The van der Waals surface area contributed by atoms with Crippen molar-refractivity contribution < 1.29 is 49.3 Å². The SMILES string of the molecule is CC/C=C\C/C=C\C/C=C\C/C=C\C/C=C\C/C=C\CCCCCCCC(O)C(=O)NC(COC1OC(CO)C(O)C(O)C1OC(=O)CCCCC/C=C\CCCCCCCC)C(O)/C=C/CCCCCCCCCCCC. The summed E-state index contributed by atoms with van der Waals surface area (Å²) in [5, 5.41) is 56.9. The van der Waals surface area contributed by atoms with Crippen molar-refractivity contribution in [1.29, 1.82) is 0 Å². The Bertz CT molecular complexity index is 1630. The summed E-state index contributed by atoms with van der Waals surface area (Å²) in [5.74, 6) is -1.23. The van der Waals surface area contributed by atoms with Gasteiger partial charge in [0.25, 0.3) is 0 Å². The number of carbonyl (C=O) groups excluding carboxylic acids is 2.